The standard InChI is InChI=1S/C7H8F2O2/c8-7(9)4-1-3(6(10)11)2-5(4)7/h3-5H,1-2H2,(H,10,11). The van der Waals surface area contributed by atoms with Gasteiger partial charge in [0.25, 0.3) is 5.92 Å². The fourth-order valence-corrected chi connectivity index (χ4v) is 2.01. The Kier molecular flexibility index (Phi) is 1.10. The summed E-state index contributed by atoms with van der Waals surface area (Å²) in [5, 5.41) is 8.48. The number of carboxylic acids is 1. The van der Waals surface area contributed by atoms with E-state index in [9.17, 15) is 13.6 Å². The van der Waals surface area contributed by atoms with Crippen LogP contribution in [-0.2, 0) is 4.79 Å². The highest BCUT2D eigenvalue weighted by Crippen LogP contribution is 2.65. The van der Waals surface area contributed by atoms with E-state index in [1.165, 1.54) is 0 Å². The zero-order valence-electron chi connectivity index (χ0n) is 5.76. The number of alkyl halides is 2. The van der Waals surface area contributed by atoms with Crippen LogP contribution < -0.4 is 0 Å². The van der Waals surface area contributed by atoms with Gasteiger partial charge in [0.1, 0.15) is 0 Å². The zero-order valence-corrected chi connectivity index (χ0v) is 5.76. The van der Waals surface area contributed by atoms with Gasteiger partial charge < -0.3 is 5.11 Å². The topological polar surface area (TPSA) is 37.3 Å². The van der Waals surface area contributed by atoms with Crippen molar-refractivity contribution in [3.05, 3.63) is 0 Å². The van der Waals surface area contributed by atoms with Crippen molar-refractivity contribution < 1.29 is 18.7 Å². The van der Waals surface area contributed by atoms with Crippen molar-refractivity contribution in [3.63, 3.8) is 0 Å². The second-order valence-electron chi connectivity index (χ2n) is 3.39. The highest BCUT2D eigenvalue weighted by molar-refractivity contribution is 5.71. The Morgan fingerprint density at radius 1 is 1.36 bits per heavy atom. The predicted molar refractivity (Wildman–Crippen MR) is 32.3 cm³/mol. The summed E-state index contributed by atoms with van der Waals surface area (Å²) in [7, 11) is 0. The lowest BCUT2D eigenvalue weighted by atomic mass is 10.0. The molecule has 0 bridgehead atoms. The molecule has 62 valence electrons. The van der Waals surface area contributed by atoms with Crippen molar-refractivity contribution in [1.29, 1.82) is 0 Å². The molecule has 11 heavy (non-hydrogen) atoms. The molecule has 0 spiro atoms. The first-order valence-electron chi connectivity index (χ1n) is 3.64. The largest absolute Gasteiger partial charge is 0.481 e. The van der Waals surface area contributed by atoms with Gasteiger partial charge in [0.15, 0.2) is 0 Å². The third kappa shape index (κ3) is 0.781. The van der Waals surface area contributed by atoms with Crippen molar-refractivity contribution in [2.45, 2.75) is 18.8 Å². The lowest BCUT2D eigenvalue weighted by molar-refractivity contribution is -0.142. The van der Waals surface area contributed by atoms with Gasteiger partial charge in [-0.2, -0.15) is 0 Å². The van der Waals surface area contributed by atoms with Crippen LogP contribution in [0.2, 0.25) is 0 Å². The third-order valence-electron chi connectivity index (χ3n) is 2.79. The van der Waals surface area contributed by atoms with Crippen LogP contribution in [0.1, 0.15) is 12.8 Å². The molecule has 2 aliphatic carbocycles. The Balaban J connectivity index is 2.00. The van der Waals surface area contributed by atoms with Crippen molar-refractivity contribution in [2.75, 3.05) is 0 Å². The summed E-state index contributed by atoms with van der Waals surface area (Å²) >= 11 is 0. The molecule has 0 aromatic carbocycles. The predicted octanol–water partition coefficient (Wildman–Crippen LogP) is 1.36. The van der Waals surface area contributed by atoms with Crippen molar-refractivity contribution in [1.82, 2.24) is 0 Å². The Morgan fingerprint density at radius 2 is 1.82 bits per heavy atom. The van der Waals surface area contributed by atoms with Crippen LogP contribution >= 0.6 is 0 Å². The number of aliphatic carboxylic acids is 1. The van der Waals surface area contributed by atoms with E-state index >= 15 is 0 Å². The number of fused-ring (bicyclic) bond motifs is 1. The van der Waals surface area contributed by atoms with Crippen LogP contribution in [0.25, 0.3) is 0 Å². The van der Waals surface area contributed by atoms with E-state index in [2.05, 4.69) is 0 Å². The molecule has 0 radical (unpaired) electrons. The maximum absolute atomic E-state index is 12.5. The summed E-state index contributed by atoms with van der Waals surface area (Å²) in [6.07, 6.45) is 0.347. The van der Waals surface area contributed by atoms with Gasteiger partial charge in [-0.05, 0) is 12.8 Å². The lowest BCUT2D eigenvalue weighted by Gasteiger charge is -2.07. The summed E-state index contributed by atoms with van der Waals surface area (Å²) in [5.74, 6) is -5.21. The van der Waals surface area contributed by atoms with E-state index < -0.39 is 29.6 Å². The summed E-state index contributed by atoms with van der Waals surface area (Å²) in [6.45, 7) is 0. The fraction of sp³-hybridized carbons (Fsp3) is 0.857. The minimum Gasteiger partial charge on any atom is -0.481 e. The van der Waals surface area contributed by atoms with Crippen molar-refractivity contribution in [3.8, 4) is 0 Å². The van der Waals surface area contributed by atoms with Crippen LogP contribution in [0.4, 0.5) is 8.78 Å². The molecule has 0 aromatic rings. The van der Waals surface area contributed by atoms with E-state index in [1.54, 1.807) is 0 Å². The average Bonchev–Trinajstić information content (AvgIpc) is 2.28. The van der Waals surface area contributed by atoms with Gasteiger partial charge in [0.2, 0.25) is 0 Å². The molecule has 2 atom stereocenters. The maximum Gasteiger partial charge on any atom is 0.306 e. The van der Waals surface area contributed by atoms with Gasteiger partial charge in [-0.25, -0.2) is 8.78 Å². The van der Waals surface area contributed by atoms with Gasteiger partial charge in [0.05, 0.1) is 5.92 Å². The van der Waals surface area contributed by atoms with E-state index in [-0.39, 0.29) is 12.8 Å². The molecule has 0 saturated heterocycles. The molecule has 2 aliphatic rings. The minimum atomic E-state index is -2.54. The second-order valence-corrected chi connectivity index (χ2v) is 3.39. The molecule has 2 unspecified atom stereocenters. The molecule has 1 N–H and O–H groups in total. The van der Waals surface area contributed by atoms with Gasteiger partial charge in [-0.1, -0.05) is 0 Å². The fourth-order valence-electron chi connectivity index (χ4n) is 2.01. The quantitative estimate of drug-likeness (QED) is 0.632. The monoisotopic (exact) mass is 162 g/mol. The van der Waals surface area contributed by atoms with Crippen LogP contribution in [0, 0.1) is 17.8 Å². The number of carboxylic acid groups (broad SMARTS) is 1. The van der Waals surface area contributed by atoms with Crippen LogP contribution in [0.15, 0.2) is 0 Å². The van der Waals surface area contributed by atoms with Crippen LogP contribution in [0.3, 0.4) is 0 Å². The maximum atomic E-state index is 12.5. The number of carbonyl (C=O) groups is 1. The normalized spacial score (nSPS) is 45.1. The van der Waals surface area contributed by atoms with E-state index in [0.717, 1.165) is 0 Å². The van der Waals surface area contributed by atoms with E-state index in [1.807, 2.05) is 0 Å². The smallest absolute Gasteiger partial charge is 0.306 e. The molecule has 0 aliphatic heterocycles. The Hall–Kier alpha value is -0.670. The number of hydrogen-bond acceptors (Lipinski definition) is 1. The highest BCUT2D eigenvalue weighted by Gasteiger charge is 2.72. The second kappa shape index (κ2) is 1.73. The Morgan fingerprint density at radius 3 is 2.18 bits per heavy atom. The van der Waals surface area contributed by atoms with Gasteiger partial charge in [-0.15, -0.1) is 0 Å². The molecule has 0 amide bonds. The molecule has 2 rings (SSSR count). The van der Waals surface area contributed by atoms with Crippen molar-refractivity contribution >= 4 is 5.97 Å². The SMILES string of the molecule is O=C(O)C1CC2C(C1)C2(F)F. The summed E-state index contributed by atoms with van der Waals surface area (Å²) < 4.78 is 25.0. The number of halogens is 2. The summed E-state index contributed by atoms with van der Waals surface area (Å²) in [6, 6.07) is 0. The number of hydrogen-bond donors (Lipinski definition) is 1. The van der Waals surface area contributed by atoms with Crippen LogP contribution in [0.5, 0.6) is 0 Å². The molecule has 2 nitrogen and oxygen atoms in total. The number of rotatable bonds is 1. The first-order valence-corrected chi connectivity index (χ1v) is 3.64. The average molecular weight is 162 g/mol. The first kappa shape index (κ1) is 7.00. The molecule has 4 heteroatoms. The molecular formula is C7H8F2O2. The summed E-state index contributed by atoms with van der Waals surface area (Å²) in [4.78, 5) is 10.3. The van der Waals surface area contributed by atoms with Crippen LogP contribution in [-0.4, -0.2) is 17.0 Å². The third-order valence-corrected chi connectivity index (χ3v) is 2.79. The minimum absolute atomic E-state index is 0.174. The van der Waals surface area contributed by atoms with E-state index in [0.29, 0.717) is 0 Å². The molecule has 0 heterocycles. The lowest BCUT2D eigenvalue weighted by Crippen LogP contribution is -2.15. The molecule has 2 saturated carbocycles. The van der Waals surface area contributed by atoms with E-state index in [4.69, 9.17) is 5.11 Å². The Bertz CT molecular complexity index is 200. The first-order chi connectivity index (χ1) is 5.03. The molecular weight excluding hydrogens is 154 g/mol. The van der Waals surface area contributed by atoms with Gasteiger partial charge in [-0.3, -0.25) is 4.79 Å². The Labute approximate surface area is 62.2 Å². The molecule has 0 aromatic heterocycles. The van der Waals surface area contributed by atoms with Gasteiger partial charge >= 0.3 is 5.97 Å². The highest BCUT2D eigenvalue weighted by atomic mass is 19.3. The van der Waals surface area contributed by atoms with Crippen molar-refractivity contribution in [2.24, 2.45) is 17.8 Å². The van der Waals surface area contributed by atoms with Gasteiger partial charge in [0, 0.05) is 11.8 Å². The molecule has 2 fully saturated rings. The zero-order chi connectivity index (χ0) is 8.22. The summed E-state index contributed by atoms with van der Waals surface area (Å²) in [5.41, 5.74) is 0.